The zero-order chi connectivity index (χ0) is 17.9. The summed E-state index contributed by atoms with van der Waals surface area (Å²) in [7, 11) is 2.05. The van der Waals surface area contributed by atoms with Gasteiger partial charge in [0.25, 0.3) is 0 Å². The molecule has 1 aliphatic rings. The molecule has 0 saturated carbocycles. The first-order valence-corrected chi connectivity index (χ1v) is 9.79. The number of nitrogens with zero attached hydrogens (tertiary/aromatic N) is 6. The molecule has 1 N–H and O–H groups in total. The van der Waals surface area contributed by atoms with Crippen LogP contribution in [0.2, 0.25) is 0 Å². The van der Waals surface area contributed by atoms with Crippen LogP contribution in [0.15, 0.2) is 30.0 Å². The van der Waals surface area contributed by atoms with Gasteiger partial charge in [-0.3, -0.25) is 4.90 Å². The maximum atomic E-state index is 4.75. The first-order valence-electron chi connectivity index (χ1n) is 8.91. The van der Waals surface area contributed by atoms with E-state index < -0.39 is 0 Å². The van der Waals surface area contributed by atoms with E-state index in [4.69, 9.17) is 4.98 Å². The topological polar surface area (TPSA) is 71.8 Å². The molecule has 0 spiro atoms. The van der Waals surface area contributed by atoms with Crippen LogP contribution in [0.4, 0.5) is 10.9 Å². The van der Waals surface area contributed by atoms with Crippen LogP contribution in [0, 0.1) is 6.92 Å². The number of anilines is 2. The van der Waals surface area contributed by atoms with Crippen LogP contribution in [0.3, 0.4) is 0 Å². The van der Waals surface area contributed by atoms with Crippen molar-refractivity contribution in [2.24, 2.45) is 7.05 Å². The van der Waals surface area contributed by atoms with Crippen LogP contribution in [0.25, 0.3) is 0 Å². The van der Waals surface area contributed by atoms with Crippen LogP contribution in [-0.2, 0) is 13.6 Å². The van der Waals surface area contributed by atoms with E-state index in [2.05, 4.69) is 35.8 Å². The fourth-order valence-electron chi connectivity index (χ4n) is 3.47. The second-order valence-electron chi connectivity index (χ2n) is 6.62. The van der Waals surface area contributed by atoms with Crippen molar-refractivity contribution in [3.05, 3.63) is 47.4 Å². The quantitative estimate of drug-likeness (QED) is 0.743. The third-order valence-electron chi connectivity index (χ3n) is 4.75. The monoisotopic (exact) mass is 369 g/mol. The normalized spacial score (nSPS) is 18.2. The van der Waals surface area contributed by atoms with Gasteiger partial charge in [-0.25, -0.2) is 19.9 Å². The molecule has 3 aromatic heterocycles. The van der Waals surface area contributed by atoms with Gasteiger partial charge in [0.2, 0.25) is 0 Å². The van der Waals surface area contributed by atoms with Gasteiger partial charge in [-0.15, -0.1) is 11.3 Å². The summed E-state index contributed by atoms with van der Waals surface area (Å²) < 4.78 is 2.09. The Labute approximate surface area is 157 Å². The number of imidazole rings is 1. The second-order valence-corrected chi connectivity index (χ2v) is 7.52. The van der Waals surface area contributed by atoms with Gasteiger partial charge in [0.1, 0.15) is 17.5 Å². The minimum absolute atomic E-state index is 0.291. The summed E-state index contributed by atoms with van der Waals surface area (Å²) >= 11 is 1.57. The van der Waals surface area contributed by atoms with Gasteiger partial charge in [-0.05, 0) is 26.3 Å². The van der Waals surface area contributed by atoms with Crippen molar-refractivity contribution in [2.45, 2.75) is 38.8 Å². The minimum Gasteiger partial charge on any atom is -0.337 e. The predicted molar refractivity (Wildman–Crippen MR) is 102 cm³/mol. The Morgan fingerprint density at radius 1 is 1.23 bits per heavy atom. The highest BCUT2D eigenvalue weighted by Crippen LogP contribution is 2.32. The molecule has 0 aromatic carbocycles. The molecular formula is C18H23N7S. The average Bonchev–Trinajstić information content (AvgIpc) is 3.27. The molecule has 0 amide bonds. The summed E-state index contributed by atoms with van der Waals surface area (Å²) in [6, 6.07) is 2.36. The Kier molecular flexibility index (Phi) is 4.94. The molecule has 7 nitrogen and oxygen atoms in total. The number of aryl methyl sites for hydroxylation is 2. The molecule has 0 radical (unpaired) electrons. The average molecular weight is 369 g/mol. The van der Waals surface area contributed by atoms with Gasteiger partial charge in [0, 0.05) is 37.1 Å². The zero-order valence-corrected chi connectivity index (χ0v) is 15.9. The highest BCUT2D eigenvalue weighted by molar-refractivity contribution is 7.13. The van der Waals surface area contributed by atoms with Crippen LogP contribution < -0.4 is 5.32 Å². The third kappa shape index (κ3) is 3.76. The minimum atomic E-state index is 0.291. The standard InChI is InChI=1S/C18H23N7S/c1-13-21-14(11-16(22-13)23-18-20-7-10-26-18)15-5-3-4-8-25(15)12-17-19-6-9-24(17)2/h6-7,9-11,15H,3-5,8,12H2,1-2H3,(H,20,21,22,23). The lowest BCUT2D eigenvalue weighted by molar-refractivity contribution is 0.132. The summed E-state index contributed by atoms with van der Waals surface area (Å²) in [5.41, 5.74) is 1.07. The number of hydrogen-bond acceptors (Lipinski definition) is 7. The number of aromatic nitrogens is 5. The molecule has 0 bridgehead atoms. The number of likely N-dealkylation sites (tertiary alicyclic amines) is 1. The first-order chi connectivity index (χ1) is 12.7. The van der Waals surface area contributed by atoms with E-state index in [1.54, 1.807) is 17.5 Å². The molecule has 1 unspecified atom stereocenters. The predicted octanol–water partition coefficient (Wildman–Crippen LogP) is 3.45. The van der Waals surface area contributed by atoms with Crippen molar-refractivity contribution in [3.8, 4) is 0 Å². The second kappa shape index (κ2) is 7.51. The number of rotatable bonds is 5. The summed E-state index contributed by atoms with van der Waals surface area (Å²) in [4.78, 5) is 20.5. The number of nitrogens with one attached hydrogen (secondary N) is 1. The summed E-state index contributed by atoms with van der Waals surface area (Å²) in [6.45, 7) is 3.85. The first kappa shape index (κ1) is 17.1. The van der Waals surface area contributed by atoms with Crippen LogP contribution in [-0.4, -0.2) is 35.9 Å². The highest BCUT2D eigenvalue weighted by Gasteiger charge is 2.26. The molecule has 1 aliphatic heterocycles. The Bertz CT molecular complexity index is 858. The van der Waals surface area contributed by atoms with E-state index >= 15 is 0 Å². The lowest BCUT2D eigenvalue weighted by atomic mass is 9.99. The van der Waals surface area contributed by atoms with Gasteiger partial charge >= 0.3 is 0 Å². The molecule has 4 heterocycles. The largest absolute Gasteiger partial charge is 0.337 e. The molecule has 1 fully saturated rings. The smallest absolute Gasteiger partial charge is 0.188 e. The molecular weight excluding hydrogens is 346 g/mol. The summed E-state index contributed by atoms with van der Waals surface area (Å²) in [5, 5.41) is 6.10. The van der Waals surface area contributed by atoms with Crippen molar-refractivity contribution >= 4 is 22.3 Å². The van der Waals surface area contributed by atoms with Gasteiger partial charge in [0.15, 0.2) is 5.13 Å². The van der Waals surface area contributed by atoms with Crippen molar-refractivity contribution in [2.75, 3.05) is 11.9 Å². The Hall–Kier alpha value is -2.32. The Balaban J connectivity index is 1.59. The molecule has 26 heavy (non-hydrogen) atoms. The van der Waals surface area contributed by atoms with E-state index in [1.807, 2.05) is 31.7 Å². The maximum Gasteiger partial charge on any atom is 0.188 e. The molecule has 1 saturated heterocycles. The van der Waals surface area contributed by atoms with Gasteiger partial charge in [0.05, 0.1) is 18.3 Å². The Morgan fingerprint density at radius 3 is 2.92 bits per heavy atom. The zero-order valence-electron chi connectivity index (χ0n) is 15.1. The van der Waals surface area contributed by atoms with E-state index in [0.29, 0.717) is 6.04 Å². The highest BCUT2D eigenvalue weighted by atomic mass is 32.1. The SMILES string of the molecule is Cc1nc(Nc2nccs2)cc(C2CCCCN2Cc2nccn2C)n1. The van der Waals surface area contributed by atoms with Crippen LogP contribution >= 0.6 is 11.3 Å². The maximum absolute atomic E-state index is 4.75. The molecule has 1 atom stereocenters. The fourth-order valence-corrected chi connectivity index (χ4v) is 4.00. The summed E-state index contributed by atoms with van der Waals surface area (Å²) in [6.07, 6.45) is 9.20. The van der Waals surface area contributed by atoms with Gasteiger partial charge in [-0.1, -0.05) is 6.42 Å². The van der Waals surface area contributed by atoms with Crippen LogP contribution in [0.1, 0.15) is 42.6 Å². The molecule has 136 valence electrons. The van der Waals surface area contributed by atoms with Gasteiger partial charge < -0.3 is 9.88 Å². The fraction of sp³-hybridized carbons (Fsp3) is 0.444. The van der Waals surface area contributed by atoms with E-state index in [-0.39, 0.29) is 0 Å². The Morgan fingerprint density at radius 2 is 2.15 bits per heavy atom. The van der Waals surface area contributed by atoms with Crippen LogP contribution in [0.5, 0.6) is 0 Å². The number of hydrogen-bond donors (Lipinski definition) is 1. The molecule has 0 aliphatic carbocycles. The van der Waals surface area contributed by atoms with Crippen molar-refractivity contribution < 1.29 is 0 Å². The number of thiazole rings is 1. The molecule has 3 aromatic rings. The molecule has 4 rings (SSSR count). The molecule has 8 heteroatoms. The van der Waals surface area contributed by atoms with Gasteiger partial charge in [-0.2, -0.15) is 0 Å². The van der Waals surface area contributed by atoms with E-state index in [1.165, 1.54) is 12.8 Å². The van der Waals surface area contributed by atoms with E-state index in [0.717, 1.165) is 47.8 Å². The van der Waals surface area contributed by atoms with Crippen molar-refractivity contribution in [1.82, 2.24) is 29.4 Å². The number of piperidine rings is 1. The lowest BCUT2D eigenvalue weighted by Crippen LogP contribution is -2.34. The summed E-state index contributed by atoms with van der Waals surface area (Å²) in [5.74, 6) is 2.68. The van der Waals surface area contributed by atoms with E-state index in [9.17, 15) is 0 Å². The van der Waals surface area contributed by atoms with Crippen molar-refractivity contribution in [1.29, 1.82) is 0 Å². The van der Waals surface area contributed by atoms with Crippen molar-refractivity contribution in [3.63, 3.8) is 0 Å². The lowest BCUT2D eigenvalue weighted by Gasteiger charge is -2.35. The third-order valence-corrected chi connectivity index (χ3v) is 5.43.